The number of carbonyl (C=O) groups is 2. The monoisotopic (exact) mass is 225 g/mol. The average Bonchev–Trinajstić information content (AvgIpc) is 2.23. The van der Waals surface area contributed by atoms with Crippen molar-refractivity contribution < 1.29 is 14.7 Å². The first-order valence-corrected chi connectivity index (χ1v) is 6.21. The highest BCUT2D eigenvalue weighted by Gasteiger charge is 2.36. The molecule has 0 radical (unpaired) electrons. The Labute approximate surface area is 95.4 Å². The topological polar surface area (TPSA) is 66.4 Å². The van der Waals surface area contributed by atoms with Crippen molar-refractivity contribution in [3.8, 4) is 0 Å². The first-order valence-electron chi connectivity index (χ1n) is 6.21. The molecule has 2 N–H and O–H groups in total. The van der Waals surface area contributed by atoms with E-state index >= 15 is 0 Å². The highest BCUT2D eigenvalue weighted by molar-refractivity contribution is 5.85. The quantitative estimate of drug-likeness (QED) is 0.765. The van der Waals surface area contributed by atoms with E-state index in [1.54, 1.807) is 0 Å². The first-order chi connectivity index (χ1) is 7.68. The lowest BCUT2D eigenvalue weighted by Gasteiger charge is -2.32. The van der Waals surface area contributed by atoms with Crippen LogP contribution < -0.4 is 5.32 Å². The molecule has 0 unspecified atom stereocenters. The molecule has 0 saturated heterocycles. The summed E-state index contributed by atoms with van der Waals surface area (Å²) in [5, 5.41) is 12.1. The molecule has 0 aliphatic heterocycles. The Kier molecular flexibility index (Phi) is 3.46. The fourth-order valence-electron chi connectivity index (χ4n) is 2.60. The van der Waals surface area contributed by atoms with Gasteiger partial charge in [-0.25, -0.2) is 0 Å². The average molecular weight is 225 g/mol. The molecule has 0 bridgehead atoms. The molecule has 2 fully saturated rings. The molecule has 2 saturated carbocycles. The Bertz CT molecular complexity index is 286. The molecule has 0 heterocycles. The molecule has 90 valence electrons. The maximum Gasteiger partial charge on any atom is 0.307 e. The molecular formula is C12H19NO3. The Morgan fingerprint density at radius 3 is 2.06 bits per heavy atom. The summed E-state index contributed by atoms with van der Waals surface area (Å²) >= 11 is 0. The summed E-state index contributed by atoms with van der Waals surface area (Å²) in [5.41, 5.74) is 0. The van der Waals surface area contributed by atoms with Gasteiger partial charge in [0, 0.05) is 6.04 Å². The second-order valence-electron chi connectivity index (χ2n) is 4.97. The summed E-state index contributed by atoms with van der Waals surface area (Å²) < 4.78 is 0. The van der Waals surface area contributed by atoms with Crippen LogP contribution in [0.25, 0.3) is 0 Å². The largest absolute Gasteiger partial charge is 0.481 e. The van der Waals surface area contributed by atoms with Crippen molar-refractivity contribution >= 4 is 11.9 Å². The Morgan fingerprint density at radius 2 is 1.56 bits per heavy atom. The number of amides is 1. The molecule has 0 aromatic heterocycles. The molecule has 2 aliphatic carbocycles. The fraction of sp³-hybridized carbons (Fsp3) is 0.833. The maximum atomic E-state index is 11.9. The molecule has 2 aliphatic rings. The van der Waals surface area contributed by atoms with Crippen LogP contribution in [0.5, 0.6) is 0 Å². The van der Waals surface area contributed by atoms with E-state index in [-0.39, 0.29) is 11.8 Å². The molecule has 16 heavy (non-hydrogen) atoms. The van der Waals surface area contributed by atoms with Crippen LogP contribution in [0.2, 0.25) is 0 Å². The zero-order chi connectivity index (χ0) is 11.5. The van der Waals surface area contributed by atoms with Gasteiger partial charge in [0.15, 0.2) is 0 Å². The summed E-state index contributed by atoms with van der Waals surface area (Å²) in [6.07, 6.45) is 6.58. The maximum absolute atomic E-state index is 11.9. The molecule has 2 rings (SSSR count). The minimum atomic E-state index is -0.812. The van der Waals surface area contributed by atoms with E-state index < -0.39 is 11.9 Å². The van der Waals surface area contributed by atoms with Crippen LogP contribution in [0.3, 0.4) is 0 Å². The highest BCUT2D eigenvalue weighted by atomic mass is 16.4. The minimum absolute atomic E-state index is 0.0307. The van der Waals surface area contributed by atoms with E-state index in [0.717, 1.165) is 32.1 Å². The number of rotatable bonds is 3. The normalized spacial score (nSPS) is 30.5. The summed E-state index contributed by atoms with van der Waals surface area (Å²) in [6.45, 7) is 0. The number of hydrogen-bond acceptors (Lipinski definition) is 2. The SMILES string of the molecule is O=C(O)[C@H]1CCCC[C@H]1C(=O)NC1CCC1. The molecule has 0 aromatic carbocycles. The van der Waals surface area contributed by atoms with E-state index in [1.165, 1.54) is 6.42 Å². The smallest absolute Gasteiger partial charge is 0.307 e. The number of carbonyl (C=O) groups excluding carboxylic acids is 1. The van der Waals surface area contributed by atoms with E-state index in [4.69, 9.17) is 5.11 Å². The van der Waals surface area contributed by atoms with Crippen molar-refractivity contribution in [3.05, 3.63) is 0 Å². The zero-order valence-corrected chi connectivity index (χ0v) is 9.45. The Balaban J connectivity index is 1.93. The predicted molar refractivity (Wildman–Crippen MR) is 58.9 cm³/mol. The molecular weight excluding hydrogens is 206 g/mol. The summed E-state index contributed by atoms with van der Waals surface area (Å²) in [4.78, 5) is 23.0. The van der Waals surface area contributed by atoms with Gasteiger partial charge in [0.25, 0.3) is 0 Å². The minimum Gasteiger partial charge on any atom is -0.481 e. The van der Waals surface area contributed by atoms with Crippen molar-refractivity contribution in [1.82, 2.24) is 5.32 Å². The lowest BCUT2D eigenvalue weighted by Crippen LogP contribution is -2.46. The Hall–Kier alpha value is -1.06. The van der Waals surface area contributed by atoms with Crippen molar-refractivity contribution in [3.63, 3.8) is 0 Å². The molecule has 0 aromatic rings. The van der Waals surface area contributed by atoms with Crippen LogP contribution in [0.4, 0.5) is 0 Å². The van der Waals surface area contributed by atoms with Gasteiger partial charge in [-0.3, -0.25) is 9.59 Å². The van der Waals surface area contributed by atoms with Gasteiger partial charge >= 0.3 is 5.97 Å². The van der Waals surface area contributed by atoms with Crippen molar-refractivity contribution in [2.24, 2.45) is 11.8 Å². The third-order valence-electron chi connectivity index (χ3n) is 3.87. The number of carboxylic acids is 1. The first kappa shape index (κ1) is 11.4. The number of nitrogens with one attached hydrogen (secondary N) is 1. The van der Waals surface area contributed by atoms with Gasteiger partial charge in [-0.15, -0.1) is 0 Å². The number of carboxylic acid groups (broad SMARTS) is 1. The van der Waals surface area contributed by atoms with Crippen LogP contribution in [0, 0.1) is 11.8 Å². The van der Waals surface area contributed by atoms with E-state index in [2.05, 4.69) is 5.32 Å². The van der Waals surface area contributed by atoms with Gasteiger partial charge in [-0.05, 0) is 32.1 Å². The highest BCUT2D eigenvalue weighted by Crippen LogP contribution is 2.31. The molecule has 4 heteroatoms. The summed E-state index contributed by atoms with van der Waals surface area (Å²) in [5.74, 6) is -1.61. The zero-order valence-electron chi connectivity index (χ0n) is 9.45. The van der Waals surface area contributed by atoms with Gasteiger partial charge in [-0.2, -0.15) is 0 Å². The van der Waals surface area contributed by atoms with Crippen LogP contribution in [0.1, 0.15) is 44.9 Å². The lowest BCUT2D eigenvalue weighted by molar-refractivity contribution is -0.149. The predicted octanol–water partition coefficient (Wildman–Crippen LogP) is 1.55. The number of hydrogen-bond donors (Lipinski definition) is 2. The van der Waals surface area contributed by atoms with Gasteiger partial charge in [0.2, 0.25) is 5.91 Å². The van der Waals surface area contributed by atoms with Crippen LogP contribution in [0.15, 0.2) is 0 Å². The fourth-order valence-corrected chi connectivity index (χ4v) is 2.60. The van der Waals surface area contributed by atoms with Crippen LogP contribution >= 0.6 is 0 Å². The third kappa shape index (κ3) is 2.36. The van der Waals surface area contributed by atoms with E-state index in [1.807, 2.05) is 0 Å². The van der Waals surface area contributed by atoms with E-state index in [0.29, 0.717) is 12.5 Å². The molecule has 4 nitrogen and oxygen atoms in total. The molecule has 2 atom stereocenters. The van der Waals surface area contributed by atoms with Gasteiger partial charge in [-0.1, -0.05) is 12.8 Å². The summed E-state index contributed by atoms with van der Waals surface area (Å²) in [7, 11) is 0. The standard InChI is InChI=1S/C12H19NO3/c14-11(13-8-4-3-5-8)9-6-1-2-7-10(9)12(15)16/h8-10H,1-7H2,(H,13,14)(H,15,16)/t9-,10+/m1/s1. The molecule has 1 amide bonds. The summed E-state index contributed by atoms with van der Waals surface area (Å²) in [6, 6.07) is 0.309. The number of aliphatic carboxylic acids is 1. The second kappa shape index (κ2) is 4.85. The van der Waals surface area contributed by atoms with Crippen LogP contribution in [-0.4, -0.2) is 23.0 Å². The lowest BCUT2D eigenvalue weighted by atomic mass is 9.78. The van der Waals surface area contributed by atoms with Crippen molar-refractivity contribution in [2.75, 3.05) is 0 Å². The third-order valence-corrected chi connectivity index (χ3v) is 3.87. The van der Waals surface area contributed by atoms with Gasteiger partial charge in [0.1, 0.15) is 0 Å². The van der Waals surface area contributed by atoms with E-state index in [9.17, 15) is 9.59 Å². The van der Waals surface area contributed by atoms with Crippen molar-refractivity contribution in [1.29, 1.82) is 0 Å². The van der Waals surface area contributed by atoms with Crippen molar-refractivity contribution in [2.45, 2.75) is 51.0 Å². The van der Waals surface area contributed by atoms with Gasteiger partial charge < -0.3 is 10.4 Å². The van der Waals surface area contributed by atoms with Crippen LogP contribution in [-0.2, 0) is 9.59 Å². The molecule has 0 spiro atoms. The van der Waals surface area contributed by atoms with Gasteiger partial charge in [0.05, 0.1) is 11.8 Å². The second-order valence-corrected chi connectivity index (χ2v) is 4.97. The Morgan fingerprint density at radius 1 is 0.938 bits per heavy atom.